The Bertz CT molecular complexity index is 196. The van der Waals surface area contributed by atoms with E-state index in [1.807, 2.05) is 0 Å². The highest BCUT2D eigenvalue weighted by Crippen LogP contribution is 2.59. The van der Waals surface area contributed by atoms with Crippen LogP contribution in [0, 0.1) is 11.3 Å². The third-order valence-electron chi connectivity index (χ3n) is 2.12. The Hall–Kier alpha value is -0.670. The fraction of sp³-hybridized carbons (Fsp3) is 0.875. The number of halogens is 2. The zero-order valence-corrected chi connectivity index (χ0v) is 7.30. The number of rotatable bonds is 2. The minimum atomic E-state index is -2.83. The van der Waals surface area contributed by atoms with Crippen LogP contribution in [0.5, 0.6) is 0 Å². The smallest absolute Gasteiger partial charge is 0.293 e. The summed E-state index contributed by atoms with van der Waals surface area (Å²) in [5.74, 6) is -3.67. The summed E-state index contributed by atoms with van der Waals surface area (Å²) in [6, 6.07) is 0. The molecule has 0 radical (unpaired) electrons. The fourth-order valence-electron chi connectivity index (χ4n) is 1.56. The molecular formula is C8H12F2O2. The van der Waals surface area contributed by atoms with Crippen LogP contribution in [0.1, 0.15) is 20.8 Å². The van der Waals surface area contributed by atoms with Gasteiger partial charge in [-0.3, -0.25) is 4.79 Å². The molecule has 0 heterocycles. The topological polar surface area (TPSA) is 26.3 Å². The summed E-state index contributed by atoms with van der Waals surface area (Å²) in [4.78, 5) is 9.86. The van der Waals surface area contributed by atoms with Crippen LogP contribution in [0.2, 0.25) is 0 Å². The van der Waals surface area contributed by atoms with Gasteiger partial charge < -0.3 is 4.74 Å². The number of ether oxygens (including phenoxy) is 1. The summed E-state index contributed by atoms with van der Waals surface area (Å²) in [5, 5.41) is 0. The zero-order valence-electron chi connectivity index (χ0n) is 7.30. The molecule has 0 aliphatic heterocycles. The molecule has 1 aliphatic rings. The maximum absolute atomic E-state index is 12.9. The van der Waals surface area contributed by atoms with Crippen LogP contribution in [0.4, 0.5) is 8.78 Å². The highest BCUT2D eigenvalue weighted by Gasteiger charge is 2.74. The second-order valence-electron chi connectivity index (χ2n) is 4.17. The quantitative estimate of drug-likeness (QED) is 0.603. The van der Waals surface area contributed by atoms with E-state index in [-0.39, 0.29) is 6.47 Å². The Labute approximate surface area is 69.9 Å². The molecule has 0 spiro atoms. The summed E-state index contributed by atoms with van der Waals surface area (Å²) < 4.78 is 30.0. The lowest BCUT2D eigenvalue weighted by Gasteiger charge is -2.16. The number of hydrogen-bond donors (Lipinski definition) is 0. The van der Waals surface area contributed by atoms with Crippen molar-refractivity contribution < 1.29 is 18.3 Å². The molecule has 0 amide bonds. The maximum Gasteiger partial charge on any atom is 0.293 e. The zero-order chi connectivity index (χ0) is 9.57. The van der Waals surface area contributed by atoms with Gasteiger partial charge in [0.15, 0.2) is 6.10 Å². The Morgan fingerprint density at radius 3 is 2.17 bits per heavy atom. The van der Waals surface area contributed by atoms with Crippen LogP contribution >= 0.6 is 0 Å². The van der Waals surface area contributed by atoms with E-state index in [0.29, 0.717) is 0 Å². The lowest BCUT2D eigenvalue weighted by Crippen LogP contribution is -2.13. The van der Waals surface area contributed by atoms with E-state index >= 15 is 0 Å². The number of hydrogen-bond acceptors (Lipinski definition) is 2. The molecular weight excluding hydrogens is 166 g/mol. The fourth-order valence-corrected chi connectivity index (χ4v) is 1.56. The van der Waals surface area contributed by atoms with Crippen LogP contribution in [-0.2, 0) is 9.53 Å². The molecule has 1 aliphatic carbocycles. The van der Waals surface area contributed by atoms with E-state index in [1.165, 1.54) is 0 Å². The molecule has 0 saturated heterocycles. The first-order valence-corrected chi connectivity index (χ1v) is 3.78. The first-order chi connectivity index (χ1) is 5.31. The van der Waals surface area contributed by atoms with Gasteiger partial charge in [-0.25, -0.2) is 8.78 Å². The molecule has 2 atom stereocenters. The molecule has 0 N–H and O–H groups in total. The van der Waals surface area contributed by atoms with Gasteiger partial charge in [-0.15, -0.1) is 0 Å². The van der Waals surface area contributed by atoms with Crippen molar-refractivity contribution >= 4 is 6.47 Å². The first-order valence-electron chi connectivity index (χ1n) is 3.78. The molecule has 0 aromatic heterocycles. The number of carbonyl (C=O) groups is 1. The van der Waals surface area contributed by atoms with Crippen LogP contribution < -0.4 is 0 Å². The lowest BCUT2D eigenvalue weighted by molar-refractivity contribution is -0.133. The highest BCUT2D eigenvalue weighted by molar-refractivity contribution is 5.39. The van der Waals surface area contributed by atoms with Gasteiger partial charge in [0.1, 0.15) is 0 Å². The second-order valence-corrected chi connectivity index (χ2v) is 4.17. The summed E-state index contributed by atoms with van der Waals surface area (Å²) in [6.07, 6.45) is -1.21. The molecule has 70 valence electrons. The van der Waals surface area contributed by atoms with Crippen molar-refractivity contribution in [2.75, 3.05) is 0 Å². The van der Waals surface area contributed by atoms with Gasteiger partial charge in [0.25, 0.3) is 12.4 Å². The predicted molar refractivity (Wildman–Crippen MR) is 38.8 cm³/mol. The number of carbonyl (C=O) groups excluding carboxylic acids is 1. The van der Waals surface area contributed by atoms with Crippen LogP contribution in [-0.4, -0.2) is 18.5 Å². The average Bonchev–Trinajstić information content (AvgIpc) is 2.33. The van der Waals surface area contributed by atoms with Crippen molar-refractivity contribution in [3.63, 3.8) is 0 Å². The van der Waals surface area contributed by atoms with Crippen LogP contribution in [0.3, 0.4) is 0 Å². The first kappa shape index (κ1) is 9.42. The maximum atomic E-state index is 12.9. The van der Waals surface area contributed by atoms with Crippen molar-refractivity contribution in [2.24, 2.45) is 11.3 Å². The molecule has 0 bridgehead atoms. The van der Waals surface area contributed by atoms with E-state index in [4.69, 9.17) is 0 Å². The Balaban J connectivity index is 2.66. The molecule has 4 heteroatoms. The largest absolute Gasteiger partial charge is 0.458 e. The summed E-state index contributed by atoms with van der Waals surface area (Å²) in [7, 11) is 0. The van der Waals surface area contributed by atoms with Crippen LogP contribution in [0.25, 0.3) is 0 Å². The summed E-state index contributed by atoms with van der Waals surface area (Å²) >= 11 is 0. The second kappa shape index (κ2) is 2.41. The third kappa shape index (κ3) is 1.30. The Morgan fingerprint density at radius 1 is 1.42 bits per heavy atom. The van der Waals surface area contributed by atoms with Gasteiger partial charge in [-0.1, -0.05) is 20.8 Å². The van der Waals surface area contributed by atoms with Crippen molar-refractivity contribution in [1.82, 2.24) is 0 Å². The lowest BCUT2D eigenvalue weighted by atomic mass is 9.90. The predicted octanol–water partition coefficient (Wildman–Crippen LogP) is 1.84. The van der Waals surface area contributed by atoms with Gasteiger partial charge in [-0.2, -0.15) is 0 Å². The number of alkyl halides is 2. The van der Waals surface area contributed by atoms with Gasteiger partial charge in [0.05, 0.1) is 5.92 Å². The van der Waals surface area contributed by atoms with Gasteiger partial charge >= 0.3 is 0 Å². The Kier molecular flexibility index (Phi) is 1.89. The molecule has 12 heavy (non-hydrogen) atoms. The van der Waals surface area contributed by atoms with Crippen LogP contribution in [0.15, 0.2) is 0 Å². The minimum Gasteiger partial charge on any atom is -0.458 e. The normalized spacial score (nSPS) is 32.8. The molecule has 2 nitrogen and oxygen atoms in total. The molecule has 1 saturated carbocycles. The molecule has 0 aromatic carbocycles. The van der Waals surface area contributed by atoms with E-state index in [2.05, 4.69) is 4.74 Å². The van der Waals surface area contributed by atoms with Crippen molar-refractivity contribution in [3.05, 3.63) is 0 Å². The molecule has 1 fully saturated rings. The van der Waals surface area contributed by atoms with E-state index in [0.717, 1.165) is 0 Å². The van der Waals surface area contributed by atoms with Crippen molar-refractivity contribution in [3.8, 4) is 0 Å². The molecule has 1 rings (SSSR count). The minimum absolute atomic E-state index is 0.0876. The Morgan fingerprint density at radius 2 is 1.92 bits per heavy atom. The highest BCUT2D eigenvalue weighted by atomic mass is 19.3. The SMILES string of the molecule is CC(C)(C)C1C(OC=O)C1(F)F. The van der Waals surface area contributed by atoms with E-state index in [9.17, 15) is 13.6 Å². The van der Waals surface area contributed by atoms with Crippen molar-refractivity contribution in [2.45, 2.75) is 32.8 Å². The van der Waals surface area contributed by atoms with E-state index in [1.54, 1.807) is 20.8 Å². The van der Waals surface area contributed by atoms with E-state index < -0.39 is 23.4 Å². The summed E-state index contributed by atoms with van der Waals surface area (Å²) in [6.45, 7) is 5.21. The molecule has 0 aromatic rings. The van der Waals surface area contributed by atoms with Gasteiger partial charge in [0.2, 0.25) is 0 Å². The van der Waals surface area contributed by atoms with Crippen molar-refractivity contribution in [1.29, 1.82) is 0 Å². The summed E-state index contributed by atoms with van der Waals surface area (Å²) in [5.41, 5.74) is -0.517. The van der Waals surface area contributed by atoms with Gasteiger partial charge in [0, 0.05) is 0 Å². The average molecular weight is 178 g/mol. The molecule has 2 unspecified atom stereocenters. The van der Waals surface area contributed by atoms with Gasteiger partial charge in [-0.05, 0) is 5.41 Å². The standard InChI is InChI=1S/C8H12F2O2/c1-7(2,3)5-6(12-4-11)8(5,9)10/h4-6H,1-3H3. The monoisotopic (exact) mass is 178 g/mol. The third-order valence-corrected chi connectivity index (χ3v) is 2.12.